The zero-order valence-corrected chi connectivity index (χ0v) is 23.6. The summed E-state index contributed by atoms with van der Waals surface area (Å²) in [5.41, 5.74) is -2.11. The number of ketones is 1. The molecule has 200 valence electrons. The molecule has 3 rings (SSSR count). The van der Waals surface area contributed by atoms with Crippen molar-refractivity contribution in [2.75, 3.05) is 18.6 Å². The minimum Gasteiger partial charge on any atom is -0.463 e. The Bertz CT molecular complexity index is 1110. The van der Waals surface area contributed by atoms with Crippen molar-refractivity contribution in [2.45, 2.75) is 83.2 Å². The number of methoxy groups -OCH3 is 1. The molecule has 0 aromatic carbocycles. The first kappa shape index (κ1) is 28.3. The number of carbonyl (C=O) groups is 4. The van der Waals surface area contributed by atoms with E-state index in [1.165, 1.54) is 6.92 Å². The van der Waals surface area contributed by atoms with Crippen LogP contribution in [0.5, 0.6) is 0 Å². The van der Waals surface area contributed by atoms with Gasteiger partial charge >= 0.3 is 11.8 Å². The van der Waals surface area contributed by atoms with Crippen LogP contribution in [0.3, 0.4) is 0 Å². The normalized spacial score (nSPS) is 25.4. The number of anilines is 1. The van der Waals surface area contributed by atoms with Crippen molar-refractivity contribution >= 4 is 48.7 Å². The number of aryl methyl sites for hydroxylation is 1. The lowest BCUT2D eigenvalue weighted by Gasteiger charge is -2.55. The van der Waals surface area contributed by atoms with Crippen molar-refractivity contribution < 1.29 is 41.9 Å². The lowest BCUT2D eigenvalue weighted by molar-refractivity contribution is -0.168. The predicted molar refractivity (Wildman–Crippen MR) is 132 cm³/mol. The van der Waals surface area contributed by atoms with Crippen LogP contribution in [0.15, 0.2) is 13.6 Å². The van der Waals surface area contributed by atoms with Gasteiger partial charge in [0.15, 0.2) is 19.5 Å². The summed E-state index contributed by atoms with van der Waals surface area (Å²) >= 11 is 0.678. The van der Waals surface area contributed by atoms with E-state index in [0.29, 0.717) is 31.2 Å². The Kier molecular flexibility index (Phi) is 7.81. The molecule has 0 bridgehead atoms. The van der Waals surface area contributed by atoms with Crippen molar-refractivity contribution in [1.82, 2.24) is 0 Å². The number of esters is 1. The maximum absolute atomic E-state index is 13.9. The number of Topliss-reactive ketones (excluding diaryl/α,β-unsaturated/α-hetero) is 1. The van der Waals surface area contributed by atoms with Crippen LogP contribution in [0, 0.1) is 12.3 Å². The van der Waals surface area contributed by atoms with E-state index < -0.39 is 59.9 Å². The van der Waals surface area contributed by atoms with E-state index in [0.717, 1.165) is 12.0 Å². The van der Waals surface area contributed by atoms with Gasteiger partial charge in [0.1, 0.15) is 11.5 Å². The predicted octanol–water partition coefficient (Wildman–Crippen LogP) is 2.79. The standard InChI is InChI=1S/C23H33NO10SSi/c1-12-16(33-21(29)32-12)24-19(28)23(15(25)17(26)30-6,13(2)34-36(7,8)22(3,4)5)20(24)35-18(27)14-10-9-11-31-14/h13-14,20H,9-11H2,1-8H3/t13-,14-,20-,23+/m1/s1. The first-order valence-electron chi connectivity index (χ1n) is 11.7. The monoisotopic (exact) mass is 543 g/mol. The highest BCUT2D eigenvalue weighted by molar-refractivity contribution is 8.14. The van der Waals surface area contributed by atoms with Crippen molar-refractivity contribution in [3.63, 3.8) is 0 Å². The second kappa shape index (κ2) is 9.91. The molecule has 0 aliphatic carbocycles. The van der Waals surface area contributed by atoms with Crippen LogP contribution in [0.4, 0.5) is 5.88 Å². The fourth-order valence-electron chi connectivity index (χ4n) is 4.14. The SMILES string of the molecule is COC(=O)C(=O)[C@@]1([C@@H](C)O[Si](C)(C)C(C)(C)C)C(=O)N(c2oc(=O)oc2C)[C@@H]1SC(=O)[C@H]1CCCO1. The molecule has 4 atom stereocenters. The number of nitrogens with zero attached hydrogens (tertiary/aromatic N) is 1. The smallest absolute Gasteiger partial charge is 0.463 e. The molecule has 3 heterocycles. The van der Waals surface area contributed by atoms with E-state index in [-0.39, 0.29) is 16.7 Å². The van der Waals surface area contributed by atoms with Crippen LogP contribution in [-0.4, -0.2) is 62.4 Å². The van der Waals surface area contributed by atoms with Crippen molar-refractivity contribution in [1.29, 1.82) is 0 Å². The first-order chi connectivity index (χ1) is 16.6. The molecular formula is C23H33NO10SSi. The summed E-state index contributed by atoms with van der Waals surface area (Å²) in [5.74, 6) is -4.54. The topological polar surface area (TPSA) is 143 Å². The minimum absolute atomic E-state index is 0.0133. The van der Waals surface area contributed by atoms with Gasteiger partial charge in [-0.1, -0.05) is 32.5 Å². The Morgan fingerprint density at radius 3 is 2.31 bits per heavy atom. The lowest BCUT2D eigenvalue weighted by atomic mass is 9.70. The molecule has 1 amide bonds. The summed E-state index contributed by atoms with van der Waals surface area (Å²) < 4.78 is 26.6. The zero-order chi connectivity index (χ0) is 27.2. The van der Waals surface area contributed by atoms with Gasteiger partial charge in [-0.2, -0.15) is 0 Å². The molecule has 0 spiro atoms. The molecule has 2 aliphatic rings. The molecule has 13 heteroatoms. The Morgan fingerprint density at radius 1 is 1.19 bits per heavy atom. The Hall–Kier alpha value is -2.22. The van der Waals surface area contributed by atoms with Crippen LogP contribution >= 0.6 is 11.8 Å². The lowest BCUT2D eigenvalue weighted by Crippen LogP contribution is -2.77. The highest BCUT2D eigenvalue weighted by Gasteiger charge is 2.73. The second-order valence-electron chi connectivity index (χ2n) is 10.5. The van der Waals surface area contributed by atoms with E-state index >= 15 is 0 Å². The molecule has 2 saturated heterocycles. The molecule has 0 unspecified atom stereocenters. The summed E-state index contributed by atoms with van der Waals surface area (Å²) in [6, 6.07) is 0. The van der Waals surface area contributed by atoms with Gasteiger partial charge in [-0.25, -0.2) is 9.59 Å². The average Bonchev–Trinajstić information content (AvgIpc) is 3.41. The van der Waals surface area contributed by atoms with Crippen LogP contribution in [-0.2, 0) is 33.1 Å². The summed E-state index contributed by atoms with van der Waals surface area (Å²) in [7, 11) is -1.53. The third-order valence-corrected chi connectivity index (χ3v) is 13.1. The van der Waals surface area contributed by atoms with E-state index in [2.05, 4.69) is 0 Å². The van der Waals surface area contributed by atoms with Gasteiger partial charge in [0, 0.05) is 6.61 Å². The largest absolute Gasteiger partial charge is 0.520 e. The molecule has 2 fully saturated rings. The van der Waals surface area contributed by atoms with Crippen LogP contribution < -0.4 is 10.7 Å². The quantitative estimate of drug-likeness (QED) is 0.157. The van der Waals surface area contributed by atoms with Crippen molar-refractivity contribution in [3.8, 4) is 0 Å². The highest BCUT2D eigenvalue weighted by atomic mass is 32.2. The molecule has 0 N–H and O–H groups in total. The summed E-state index contributed by atoms with van der Waals surface area (Å²) in [5, 5.41) is -1.97. The number of ether oxygens (including phenoxy) is 2. The van der Waals surface area contributed by atoms with E-state index in [1.54, 1.807) is 6.92 Å². The van der Waals surface area contributed by atoms with E-state index in [9.17, 15) is 24.0 Å². The zero-order valence-electron chi connectivity index (χ0n) is 21.8. The molecule has 0 radical (unpaired) electrons. The number of hydrogen-bond acceptors (Lipinski definition) is 11. The molecule has 1 aromatic heterocycles. The van der Waals surface area contributed by atoms with E-state index in [4.69, 9.17) is 22.7 Å². The molecule has 1 aromatic rings. The number of β-lactam (4-membered cyclic amide) rings is 1. The third kappa shape index (κ3) is 4.61. The maximum Gasteiger partial charge on any atom is 0.520 e. The number of amides is 1. The van der Waals surface area contributed by atoms with Crippen LogP contribution in [0.1, 0.15) is 46.3 Å². The van der Waals surface area contributed by atoms with Gasteiger partial charge in [0.05, 0.1) is 13.2 Å². The van der Waals surface area contributed by atoms with Crippen LogP contribution in [0.25, 0.3) is 0 Å². The van der Waals surface area contributed by atoms with Gasteiger partial charge in [-0.15, -0.1) is 0 Å². The van der Waals surface area contributed by atoms with Crippen molar-refractivity contribution in [3.05, 3.63) is 16.4 Å². The van der Waals surface area contributed by atoms with Gasteiger partial charge < -0.3 is 22.7 Å². The van der Waals surface area contributed by atoms with Gasteiger partial charge in [0.25, 0.3) is 11.7 Å². The molecule has 11 nitrogen and oxygen atoms in total. The maximum atomic E-state index is 13.9. The minimum atomic E-state index is -2.57. The Labute approximate surface area is 214 Å². The first-order valence-corrected chi connectivity index (χ1v) is 15.4. The fourth-order valence-corrected chi connectivity index (χ4v) is 7.01. The molecule has 36 heavy (non-hydrogen) atoms. The van der Waals surface area contributed by atoms with Crippen molar-refractivity contribution in [2.24, 2.45) is 5.41 Å². The highest BCUT2D eigenvalue weighted by Crippen LogP contribution is 2.54. The Balaban J connectivity index is 2.14. The molecule has 2 aliphatic heterocycles. The summed E-state index contributed by atoms with van der Waals surface area (Å²) in [6.45, 7) is 13.2. The number of rotatable bonds is 8. The number of thioether (sulfide) groups is 1. The summed E-state index contributed by atoms with van der Waals surface area (Å²) in [4.78, 5) is 66.0. The fraction of sp³-hybridized carbons (Fsp3) is 0.696. The van der Waals surface area contributed by atoms with E-state index in [1.807, 2.05) is 33.9 Å². The second-order valence-corrected chi connectivity index (χ2v) is 16.3. The Morgan fingerprint density at radius 2 is 1.83 bits per heavy atom. The molecule has 0 saturated carbocycles. The summed E-state index contributed by atoms with van der Waals surface area (Å²) in [6.07, 6.45) is -0.660. The van der Waals surface area contributed by atoms with Gasteiger partial charge in [0.2, 0.25) is 11.0 Å². The third-order valence-electron chi connectivity index (χ3n) is 7.22. The van der Waals surface area contributed by atoms with Crippen LogP contribution in [0.2, 0.25) is 18.1 Å². The van der Waals surface area contributed by atoms with Gasteiger partial charge in [-0.3, -0.25) is 19.3 Å². The average molecular weight is 544 g/mol. The van der Waals surface area contributed by atoms with Gasteiger partial charge in [-0.05, 0) is 44.8 Å². The number of hydrogen-bond donors (Lipinski definition) is 0. The molecular weight excluding hydrogens is 510 g/mol. The number of carbonyl (C=O) groups excluding carboxylic acids is 4.